The monoisotopic (exact) mass is 470 g/mol. The predicted molar refractivity (Wildman–Crippen MR) is 98.9 cm³/mol. The third kappa shape index (κ3) is 4.76. The summed E-state index contributed by atoms with van der Waals surface area (Å²) in [6, 6.07) is 16.4. The van der Waals surface area contributed by atoms with E-state index in [9.17, 15) is 0 Å². The fourth-order valence-corrected chi connectivity index (χ4v) is 2.94. The number of aromatic nitrogens is 4. The van der Waals surface area contributed by atoms with E-state index in [0.717, 1.165) is 44.8 Å². The molecule has 8 bridgehead atoms. The average Bonchev–Trinajstić information content (AvgIpc) is 3.32. The average molecular weight is 471 g/mol. The van der Waals surface area contributed by atoms with Gasteiger partial charge in [-0.1, -0.05) is 0 Å². The van der Waals surface area contributed by atoms with Gasteiger partial charge in [0.15, 0.2) is 0 Å². The van der Waals surface area contributed by atoms with E-state index in [1.165, 1.54) is 0 Å². The number of nitrogens with one attached hydrogen (secondary N) is 2. The minimum absolute atomic E-state index is 0. The minimum Gasteiger partial charge on any atom is -0.355 e. The quantitative estimate of drug-likeness (QED) is 0.324. The van der Waals surface area contributed by atoms with Gasteiger partial charge in [-0.05, 0) is 72.8 Å². The van der Waals surface area contributed by atoms with Gasteiger partial charge >= 0.3 is 0 Å². The molecule has 2 N–H and O–H groups in total. The van der Waals surface area contributed by atoms with Crippen LogP contribution in [-0.2, 0) is 53.6 Å². The standard InChI is InChI=1S/C20H14N4.Ni.2V/c1-2-14-10-16-5-6-18(23-16)12-20-8-7-19(24-20)11-17-4-3-15(22-17)9-13(1)21-14;;;/h1-12,21,24H;;;. The van der Waals surface area contributed by atoms with Crippen molar-refractivity contribution in [3.05, 3.63) is 71.3 Å². The topological polar surface area (TPSA) is 57.4 Å². The molecule has 5 heterocycles. The fourth-order valence-electron chi connectivity index (χ4n) is 2.94. The maximum atomic E-state index is 4.63. The van der Waals surface area contributed by atoms with Crippen LogP contribution in [0.25, 0.3) is 46.4 Å². The summed E-state index contributed by atoms with van der Waals surface area (Å²) in [4.78, 5) is 16.0. The van der Waals surface area contributed by atoms with Crippen molar-refractivity contribution in [1.29, 1.82) is 0 Å². The van der Waals surface area contributed by atoms with Crippen LogP contribution < -0.4 is 0 Å². The van der Waals surface area contributed by atoms with Gasteiger partial charge in [-0.15, -0.1) is 0 Å². The fraction of sp³-hybridized carbons (Fsp3) is 0. The molecule has 0 spiro atoms. The van der Waals surface area contributed by atoms with Crippen LogP contribution in [-0.4, -0.2) is 19.9 Å². The minimum atomic E-state index is 0. The molecule has 0 fully saturated rings. The van der Waals surface area contributed by atoms with E-state index < -0.39 is 0 Å². The first-order valence-electron chi connectivity index (χ1n) is 7.85. The van der Waals surface area contributed by atoms with Gasteiger partial charge in [-0.25, -0.2) is 9.97 Å². The van der Waals surface area contributed by atoms with Gasteiger partial charge in [0.2, 0.25) is 0 Å². The summed E-state index contributed by atoms with van der Waals surface area (Å²) in [7, 11) is 0. The van der Waals surface area contributed by atoms with Crippen LogP contribution in [0.5, 0.6) is 0 Å². The van der Waals surface area contributed by atoms with Gasteiger partial charge in [0.05, 0.1) is 22.8 Å². The molecule has 0 amide bonds. The van der Waals surface area contributed by atoms with Crippen LogP contribution in [0.1, 0.15) is 22.8 Å². The Balaban J connectivity index is 0.000000871. The third-order valence-electron chi connectivity index (χ3n) is 4.04. The van der Waals surface area contributed by atoms with Crippen LogP contribution in [0.15, 0.2) is 48.5 Å². The molecule has 2 radical (unpaired) electrons. The van der Waals surface area contributed by atoms with E-state index in [2.05, 4.69) is 44.2 Å². The number of fused-ring (bicyclic) bond motifs is 8. The Morgan fingerprint density at radius 3 is 1.00 bits per heavy atom. The maximum Gasteiger partial charge on any atom is 0.0658 e. The number of H-pyrrole nitrogens is 2. The largest absolute Gasteiger partial charge is 0.355 e. The summed E-state index contributed by atoms with van der Waals surface area (Å²) in [5.41, 5.74) is 7.86. The zero-order chi connectivity index (χ0) is 15.9. The maximum absolute atomic E-state index is 4.63. The van der Waals surface area contributed by atoms with Crippen molar-refractivity contribution in [2.75, 3.05) is 0 Å². The van der Waals surface area contributed by atoms with Gasteiger partial charge in [-0.2, -0.15) is 0 Å². The van der Waals surface area contributed by atoms with Crippen LogP contribution in [0.2, 0.25) is 0 Å². The van der Waals surface area contributed by atoms with E-state index in [-0.39, 0.29) is 53.6 Å². The number of nitrogens with zero attached hydrogens (tertiary/aromatic N) is 2. The van der Waals surface area contributed by atoms with Gasteiger partial charge < -0.3 is 9.97 Å². The molecule has 7 heteroatoms. The molecule has 5 rings (SSSR count). The summed E-state index contributed by atoms with van der Waals surface area (Å²) >= 11 is 0. The van der Waals surface area contributed by atoms with E-state index in [1.54, 1.807) is 0 Å². The molecule has 134 valence electrons. The Morgan fingerprint density at radius 1 is 0.481 bits per heavy atom. The summed E-state index contributed by atoms with van der Waals surface area (Å²) in [6.45, 7) is 0. The van der Waals surface area contributed by atoms with Crippen molar-refractivity contribution < 1.29 is 53.6 Å². The zero-order valence-electron chi connectivity index (χ0n) is 14.0. The first-order valence-corrected chi connectivity index (χ1v) is 7.85. The Hall–Kier alpha value is -1.74. The molecule has 0 unspecified atom stereocenters. The first-order chi connectivity index (χ1) is 11.8. The molecule has 2 aliphatic rings. The number of aromatic amines is 2. The Morgan fingerprint density at radius 2 is 0.741 bits per heavy atom. The summed E-state index contributed by atoms with van der Waals surface area (Å²) in [5, 5.41) is 0. The number of rotatable bonds is 0. The van der Waals surface area contributed by atoms with Crippen molar-refractivity contribution in [3.8, 4) is 0 Å². The number of hydrogen-bond acceptors (Lipinski definition) is 2. The van der Waals surface area contributed by atoms with Gasteiger partial charge in [-0.3, -0.25) is 0 Å². The molecule has 2 aliphatic heterocycles. The van der Waals surface area contributed by atoms with Crippen molar-refractivity contribution in [1.82, 2.24) is 19.9 Å². The van der Waals surface area contributed by atoms with Crippen LogP contribution in [0.4, 0.5) is 0 Å². The van der Waals surface area contributed by atoms with Crippen molar-refractivity contribution in [3.63, 3.8) is 0 Å². The van der Waals surface area contributed by atoms with Crippen molar-refractivity contribution in [2.24, 2.45) is 0 Å². The molecule has 0 aromatic carbocycles. The molecule has 0 aliphatic carbocycles. The van der Waals surface area contributed by atoms with Crippen LogP contribution in [0, 0.1) is 0 Å². The zero-order valence-corrected chi connectivity index (χ0v) is 17.8. The van der Waals surface area contributed by atoms with Gasteiger partial charge in [0.25, 0.3) is 0 Å². The molecule has 0 atom stereocenters. The van der Waals surface area contributed by atoms with E-state index >= 15 is 0 Å². The molecule has 0 saturated heterocycles. The number of hydrogen-bond donors (Lipinski definition) is 2. The Labute approximate surface area is 190 Å². The predicted octanol–water partition coefficient (Wildman–Crippen LogP) is 4.65. The second-order valence-corrected chi connectivity index (χ2v) is 5.91. The SMILES string of the molecule is C1=Cc2cc3ccc(cc4nc(cc5ccc(cc1n2)[nH]5)C=C4)[nH]3.[Ni].[V].[V]. The normalized spacial score (nSPS) is 11.3. The smallest absolute Gasteiger partial charge is 0.0658 e. The van der Waals surface area contributed by atoms with Gasteiger partial charge in [0.1, 0.15) is 0 Å². The molecule has 3 aromatic rings. The molecule has 27 heavy (non-hydrogen) atoms. The van der Waals surface area contributed by atoms with E-state index in [1.807, 2.05) is 48.6 Å². The Bertz CT molecular complexity index is 1000. The molecular weight excluding hydrogens is 457 g/mol. The van der Waals surface area contributed by atoms with Crippen LogP contribution in [0.3, 0.4) is 0 Å². The van der Waals surface area contributed by atoms with E-state index in [4.69, 9.17) is 0 Å². The van der Waals surface area contributed by atoms with Crippen molar-refractivity contribution >= 4 is 46.4 Å². The second kappa shape index (κ2) is 8.97. The summed E-state index contributed by atoms with van der Waals surface area (Å²) < 4.78 is 0. The molecule has 0 saturated carbocycles. The molecular formula is C20H14N4NiV2. The summed E-state index contributed by atoms with van der Waals surface area (Å²) in [5.74, 6) is 0. The Kier molecular flexibility index (Phi) is 7.16. The van der Waals surface area contributed by atoms with Gasteiger partial charge in [0, 0.05) is 75.7 Å². The van der Waals surface area contributed by atoms with Crippen molar-refractivity contribution in [2.45, 2.75) is 0 Å². The molecule has 4 nitrogen and oxygen atoms in total. The van der Waals surface area contributed by atoms with E-state index in [0.29, 0.717) is 0 Å². The third-order valence-corrected chi connectivity index (χ3v) is 4.04. The second-order valence-electron chi connectivity index (χ2n) is 5.91. The first kappa shape index (κ1) is 21.6. The summed E-state index contributed by atoms with van der Waals surface area (Å²) in [6.07, 6.45) is 8.09. The molecule has 3 aromatic heterocycles. The van der Waals surface area contributed by atoms with Crippen LogP contribution >= 0.6 is 0 Å².